The molecule has 7 nitrogen and oxygen atoms in total. The van der Waals surface area contributed by atoms with Crippen molar-refractivity contribution in [1.29, 1.82) is 0 Å². The van der Waals surface area contributed by atoms with Crippen LogP contribution in [0.1, 0.15) is 21.5 Å². The highest BCUT2D eigenvalue weighted by atomic mass is 16.5. The molecule has 2 aliphatic heterocycles. The zero-order valence-electron chi connectivity index (χ0n) is 17.1. The normalized spacial score (nSPS) is 19.9. The summed E-state index contributed by atoms with van der Waals surface area (Å²) in [6, 6.07) is 12.7. The number of benzene rings is 2. The number of aryl methyl sites for hydroxylation is 1. The van der Waals surface area contributed by atoms with Crippen LogP contribution in [0, 0.1) is 18.8 Å². The minimum Gasteiger partial charge on any atom is -0.497 e. The predicted octanol–water partition coefficient (Wildman–Crippen LogP) is 2.00. The molecular formula is C23H25N3O4. The Labute approximate surface area is 175 Å². The van der Waals surface area contributed by atoms with Gasteiger partial charge in [0.1, 0.15) is 5.75 Å². The fraction of sp³-hybridized carbons (Fsp3) is 0.348. The first-order chi connectivity index (χ1) is 14.4. The molecule has 4 rings (SSSR count). The number of amides is 3. The highest BCUT2D eigenvalue weighted by molar-refractivity contribution is 5.99. The van der Waals surface area contributed by atoms with Gasteiger partial charge < -0.3 is 20.3 Å². The first-order valence-corrected chi connectivity index (χ1v) is 10.0. The Bertz CT molecular complexity index is 1000. The third-order valence-electron chi connectivity index (χ3n) is 5.86. The van der Waals surface area contributed by atoms with Crippen LogP contribution in [0.4, 0.5) is 5.69 Å². The summed E-state index contributed by atoms with van der Waals surface area (Å²) in [6.07, 6.45) is 0.208. The fourth-order valence-electron chi connectivity index (χ4n) is 4.14. The zero-order valence-corrected chi connectivity index (χ0v) is 17.1. The number of nitrogens with one attached hydrogen (secondary N) is 2. The van der Waals surface area contributed by atoms with Crippen LogP contribution in [-0.2, 0) is 16.0 Å². The van der Waals surface area contributed by atoms with E-state index in [1.807, 2.05) is 37.3 Å². The first-order valence-electron chi connectivity index (χ1n) is 10.0. The number of hydrogen-bond donors (Lipinski definition) is 2. The van der Waals surface area contributed by atoms with Crippen molar-refractivity contribution in [2.45, 2.75) is 13.3 Å². The molecule has 7 heteroatoms. The minimum atomic E-state index is -0.164. The second kappa shape index (κ2) is 8.18. The van der Waals surface area contributed by atoms with E-state index in [0.717, 1.165) is 11.1 Å². The van der Waals surface area contributed by atoms with Gasteiger partial charge in [0.05, 0.1) is 19.4 Å². The van der Waals surface area contributed by atoms with Crippen LogP contribution in [0.2, 0.25) is 0 Å². The molecule has 2 aromatic carbocycles. The van der Waals surface area contributed by atoms with Gasteiger partial charge in [-0.25, -0.2) is 0 Å². The first kappa shape index (κ1) is 19.9. The lowest BCUT2D eigenvalue weighted by molar-refractivity contribution is -0.122. The lowest BCUT2D eigenvalue weighted by atomic mass is 10.0. The topological polar surface area (TPSA) is 87.7 Å². The van der Waals surface area contributed by atoms with Gasteiger partial charge in [0.25, 0.3) is 5.91 Å². The number of likely N-dealkylation sites (tertiary alicyclic amines) is 1. The van der Waals surface area contributed by atoms with Crippen molar-refractivity contribution in [2.24, 2.45) is 11.8 Å². The molecule has 3 amide bonds. The van der Waals surface area contributed by atoms with Gasteiger partial charge in [-0.15, -0.1) is 0 Å². The smallest absolute Gasteiger partial charge is 0.253 e. The average molecular weight is 407 g/mol. The number of ether oxygens (including phenoxy) is 1. The number of carbonyl (C=O) groups excluding carboxylic acids is 3. The van der Waals surface area contributed by atoms with E-state index < -0.39 is 0 Å². The van der Waals surface area contributed by atoms with Gasteiger partial charge >= 0.3 is 0 Å². The van der Waals surface area contributed by atoms with Gasteiger partial charge in [-0.3, -0.25) is 14.4 Å². The van der Waals surface area contributed by atoms with E-state index in [9.17, 15) is 14.4 Å². The molecule has 0 aromatic heterocycles. The summed E-state index contributed by atoms with van der Waals surface area (Å²) in [5.74, 6) is 0.539. The van der Waals surface area contributed by atoms with Crippen molar-refractivity contribution in [3.05, 3.63) is 59.2 Å². The van der Waals surface area contributed by atoms with E-state index in [0.29, 0.717) is 36.6 Å². The van der Waals surface area contributed by atoms with E-state index >= 15 is 0 Å². The van der Waals surface area contributed by atoms with Gasteiger partial charge in [0.2, 0.25) is 11.8 Å². The summed E-state index contributed by atoms with van der Waals surface area (Å²) in [6.45, 7) is 3.54. The Hall–Kier alpha value is -3.35. The molecule has 2 aromatic rings. The molecule has 2 atom stereocenters. The monoisotopic (exact) mass is 407 g/mol. The summed E-state index contributed by atoms with van der Waals surface area (Å²) >= 11 is 0. The fourth-order valence-corrected chi connectivity index (χ4v) is 4.14. The van der Waals surface area contributed by atoms with Crippen molar-refractivity contribution in [3.63, 3.8) is 0 Å². The summed E-state index contributed by atoms with van der Waals surface area (Å²) in [4.78, 5) is 39.1. The number of rotatable bonds is 5. The molecule has 0 spiro atoms. The predicted molar refractivity (Wildman–Crippen MR) is 112 cm³/mol. The molecule has 0 bridgehead atoms. The Kier molecular flexibility index (Phi) is 5.44. The number of fused-ring (bicyclic) bond motifs is 1. The molecule has 2 saturated heterocycles. The largest absolute Gasteiger partial charge is 0.497 e. The Balaban J connectivity index is 1.44. The summed E-state index contributed by atoms with van der Waals surface area (Å²) in [7, 11) is 1.59. The maximum Gasteiger partial charge on any atom is 0.253 e. The molecule has 0 radical (unpaired) electrons. The SMILES string of the molecule is COc1cccc(CC(=O)Nc2cc(C(=O)N3C[C@@H]4CNC(=O)[C@@H]4C3)ccc2C)c1. The van der Waals surface area contributed by atoms with Crippen LogP contribution in [0.25, 0.3) is 0 Å². The van der Waals surface area contributed by atoms with Gasteiger partial charge in [-0.05, 0) is 42.3 Å². The Morgan fingerprint density at radius 2 is 2.03 bits per heavy atom. The lowest BCUT2D eigenvalue weighted by Crippen LogP contribution is -2.33. The molecule has 2 fully saturated rings. The van der Waals surface area contributed by atoms with E-state index in [-0.39, 0.29) is 36.0 Å². The highest BCUT2D eigenvalue weighted by Crippen LogP contribution is 2.29. The molecule has 2 aliphatic rings. The average Bonchev–Trinajstić information content (AvgIpc) is 3.31. The molecule has 2 N–H and O–H groups in total. The molecular weight excluding hydrogens is 382 g/mol. The van der Waals surface area contributed by atoms with E-state index in [1.54, 1.807) is 24.1 Å². The Morgan fingerprint density at radius 3 is 2.80 bits per heavy atom. The van der Waals surface area contributed by atoms with Crippen molar-refractivity contribution >= 4 is 23.4 Å². The second-order valence-electron chi connectivity index (χ2n) is 7.93. The van der Waals surface area contributed by atoms with Crippen molar-refractivity contribution in [1.82, 2.24) is 10.2 Å². The summed E-state index contributed by atoms with van der Waals surface area (Å²) in [5.41, 5.74) is 2.85. The quantitative estimate of drug-likeness (QED) is 0.794. The van der Waals surface area contributed by atoms with Crippen LogP contribution in [0.15, 0.2) is 42.5 Å². The number of hydrogen-bond acceptors (Lipinski definition) is 4. The zero-order chi connectivity index (χ0) is 21.3. The number of anilines is 1. The molecule has 2 heterocycles. The minimum absolute atomic E-state index is 0.0321. The van der Waals surface area contributed by atoms with E-state index in [1.165, 1.54) is 0 Å². The lowest BCUT2D eigenvalue weighted by Gasteiger charge is -2.18. The van der Waals surface area contributed by atoms with Gasteiger partial charge in [0.15, 0.2) is 0 Å². The third kappa shape index (κ3) is 4.01. The molecule has 0 unspecified atom stereocenters. The van der Waals surface area contributed by atoms with Crippen LogP contribution in [0.3, 0.4) is 0 Å². The summed E-state index contributed by atoms with van der Waals surface area (Å²) in [5, 5.41) is 5.77. The molecule has 0 aliphatic carbocycles. The molecule has 156 valence electrons. The van der Waals surface area contributed by atoms with Gasteiger partial charge in [-0.2, -0.15) is 0 Å². The summed E-state index contributed by atoms with van der Waals surface area (Å²) < 4.78 is 5.20. The number of nitrogens with zero attached hydrogens (tertiary/aromatic N) is 1. The van der Waals surface area contributed by atoms with Crippen LogP contribution < -0.4 is 15.4 Å². The van der Waals surface area contributed by atoms with E-state index in [4.69, 9.17) is 4.74 Å². The van der Waals surface area contributed by atoms with Gasteiger partial charge in [0, 0.05) is 36.8 Å². The van der Waals surface area contributed by atoms with E-state index in [2.05, 4.69) is 10.6 Å². The maximum absolute atomic E-state index is 13.0. The standard InChI is InChI=1S/C23H25N3O4/c1-14-6-7-16(23(29)26-12-17-11-24-22(28)19(17)13-26)10-20(14)25-21(27)9-15-4-3-5-18(8-15)30-2/h3-8,10,17,19H,9,11-13H2,1-2H3,(H,24,28)(H,25,27)/t17-,19+/m0/s1. The van der Waals surface area contributed by atoms with Crippen molar-refractivity contribution in [2.75, 3.05) is 32.1 Å². The van der Waals surface area contributed by atoms with Crippen LogP contribution in [-0.4, -0.2) is 49.4 Å². The van der Waals surface area contributed by atoms with Crippen molar-refractivity contribution < 1.29 is 19.1 Å². The maximum atomic E-state index is 13.0. The molecule has 0 saturated carbocycles. The van der Waals surface area contributed by atoms with Crippen LogP contribution >= 0.6 is 0 Å². The Morgan fingerprint density at radius 1 is 1.20 bits per heavy atom. The number of carbonyl (C=O) groups is 3. The van der Waals surface area contributed by atoms with Gasteiger partial charge in [-0.1, -0.05) is 18.2 Å². The highest BCUT2D eigenvalue weighted by Gasteiger charge is 2.43. The molecule has 30 heavy (non-hydrogen) atoms. The number of methoxy groups -OCH3 is 1. The van der Waals surface area contributed by atoms with Crippen LogP contribution in [0.5, 0.6) is 5.75 Å². The van der Waals surface area contributed by atoms with Crippen molar-refractivity contribution in [3.8, 4) is 5.75 Å². The second-order valence-corrected chi connectivity index (χ2v) is 7.93. The third-order valence-corrected chi connectivity index (χ3v) is 5.86.